The van der Waals surface area contributed by atoms with Gasteiger partial charge in [0.15, 0.2) is 15.3 Å². The van der Waals surface area contributed by atoms with Crippen LogP contribution in [0.3, 0.4) is 0 Å². The van der Waals surface area contributed by atoms with Crippen LogP contribution in [-0.4, -0.2) is 13.7 Å². The molecular weight excluding hydrogens is 308 g/mol. The van der Waals surface area contributed by atoms with Gasteiger partial charge in [0.05, 0.1) is 17.0 Å². The maximum absolute atomic E-state index is 12.9. The first-order chi connectivity index (χ1) is 11.0. The van der Waals surface area contributed by atoms with E-state index in [0.717, 1.165) is 5.56 Å². The first-order valence-electron chi connectivity index (χ1n) is 7.15. The van der Waals surface area contributed by atoms with Crippen LogP contribution in [0.5, 0.6) is 0 Å². The quantitative estimate of drug-likeness (QED) is 0.870. The van der Waals surface area contributed by atoms with Crippen molar-refractivity contribution in [3.05, 3.63) is 65.7 Å². The Bertz CT molecular complexity index is 906. The number of hydrogen-bond acceptors (Lipinski definition) is 4. The molecule has 2 aromatic rings. The number of hydrogen-bond donors (Lipinski definition) is 0. The molecule has 0 amide bonds. The second-order valence-corrected chi connectivity index (χ2v) is 7.83. The molecule has 0 aromatic heterocycles. The van der Waals surface area contributed by atoms with Crippen LogP contribution >= 0.6 is 0 Å². The fourth-order valence-corrected chi connectivity index (χ4v) is 5.26. The van der Waals surface area contributed by atoms with Crippen molar-refractivity contribution in [2.24, 2.45) is 5.41 Å². The van der Waals surface area contributed by atoms with E-state index >= 15 is 0 Å². The number of aryl methyl sites for hydroxylation is 1. The molecule has 0 unspecified atom stereocenters. The highest BCUT2D eigenvalue weighted by molar-refractivity contribution is 7.92. The summed E-state index contributed by atoms with van der Waals surface area (Å²) in [6.45, 7) is 1.93. The molecule has 1 saturated carbocycles. The van der Waals surface area contributed by atoms with Gasteiger partial charge in [-0.15, -0.1) is 0 Å². The summed E-state index contributed by atoms with van der Waals surface area (Å²) in [6, 6.07) is 19.2. The first kappa shape index (κ1) is 15.3. The average molecular weight is 322 g/mol. The normalized spacial score (nSPS) is 21.9. The highest BCUT2D eigenvalue weighted by Gasteiger charge is 2.73. The smallest absolute Gasteiger partial charge is 0.184 e. The lowest BCUT2D eigenvalue weighted by molar-refractivity contribution is 0.591. The summed E-state index contributed by atoms with van der Waals surface area (Å²) in [5.41, 5.74) is 0.226. The van der Waals surface area contributed by atoms with E-state index in [4.69, 9.17) is 0 Å². The minimum Gasteiger partial charge on any atom is -0.223 e. The van der Waals surface area contributed by atoms with Crippen molar-refractivity contribution in [2.75, 3.05) is 0 Å². The van der Waals surface area contributed by atoms with Crippen LogP contribution in [0.25, 0.3) is 0 Å². The molecule has 2 aromatic carbocycles. The van der Waals surface area contributed by atoms with Gasteiger partial charge < -0.3 is 0 Å². The number of nitriles is 2. The lowest BCUT2D eigenvalue weighted by Gasteiger charge is -2.03. The fourth-order valence-electron chi connectivity index (χ4n) is 3.04. The molecule has 0 heterocycles. The monoisotopic (exact) mass is 322 g/mol. The molecule has 1 fully saturated rings. The molecule has 1 aliphatic rings. The van der Waals surface area contributed by atoms with Gasteiger partial charge in [-0.1, -0.05) is 48.0 Å². The molecule has 0 bridgehead atoms. The van der Waals surface area contributed by atoms with E-state index in [2.05, 4.69) is 0 Å². The largest absolute Gasteiger partial charge is 0.223 e. The molecular formula is C18H14N2O2S. The first-order valence-corrected chi connectivity index (χ1v) is 8.70. The Balaban J connectivity index is 2.10. The Hall–Kier alpha value is -2.63. The van der Waals surface area contributed by atoms with Crippen LogP contribution in [0.4, 0.5) is 0 Å². The van der Waals surface area contributed by atoms with Crippen LogP contribution < -0.4 is 0 Å². The maximum atomic E-state index is 12.9. The van der Waals surface area contributed by atoms with E-state index in [1.54, 1.807) is 30.3 Å². The van der Waals surface area contributed by atoms with E-state index in [9.17, 15) is 18.9 Å². The Morgan fingerprint density at radius 3 is 2.04 bits per heavy atom. The molecule has 0 N–H and O–H groups in total. The van der Waals surface area contributed by atoms with Gasteiger partial charge in [-0.2, -0.15) is 10.5 Å². The average Bonchev–Trinajstić information content (AvgIpc) is 3.27. The van der Waals surface area contributed by atoms with Crippen LogP contribution in [-0.2, 0) is 9.84 Å². The Morgan fingerprint density at radius 2 is 1.52 bits per heavy atom. The summed E-state index contributed by atoms with van der Waals surface area (Å²) in [6.07, 6.45) is 0. The van der Waals surface area contributed by atoms with Gasteiger partial charge in [-0.3, -0.25) is 0 Å². The zero-order valence-electron chi connectivity index (χ0n) is 12.5. The SMILES string of the molecule is Cc1ccc([C@@H]2[C@@H](S(=O)(=O)c3ccccc3)C2(C#N)C#N)cc1. The summed E-state index contributed by atoms with van der Waals surface area (Å²) < 4.78 is 25.8. The Kier molecular flexibility index (Phi) is 3.47. The van der Waals surface area contributed by atoms with Gasteiger partial charge in [0, 0.05) is 5.92 Å². The lowest BCUT2D eigenvalue weighted by atomic mass is 10.0. The van der Waals surface area contributed by atoms with Gasteiger partial charge in [-0.25, -0.2) is 8.42 Å². The molecule has 2 atom stereocenters. The summed E-state index contributed by atoms with van der Waals surface area (Å²) >= 11 is 0. The van der Waals surface area contributed by atoms with Gasteiger partial charge in [0.2, 0.25) is 0 Å². The van der Waals surface area contributed by atoms with Gasteiger partial charge in [-0.05, 0) is 24.6 Å². The van der Waals surface area contributed by atoms with Crippen molar-refractivity contribution in [1.82, 2.24) is 0 Å². The summed E-state index contributed by atoms with van der Waals surface area (Å²) in [5.74, 6) is -0.622. The second kappa shape index (κ2) is 5.22. The Labute approximate surface area is 135 Å². The standard InChI is InChI=1S/C18H14N2O2S/c1-13-7-9-14(10-8-13)16-17(18(16,11-19)12-20)23(21,22)15-5-3-2-4-6-15/h2-10,16-17H,1H3/t16-,17-/m1/s1. The molecule has 114 valence electrons. The number of nitrogens with zero attached hydrogens (tertiary/aromatic N) is 2. The molecule has 3 rings (SSSR count). The van der Waals surface area contributed by atoms with Crippen molar-refractivity contribution in [1.29, 1.82) is 10.5 Å². The Morgan fingerprint density at radius 1 is 0.957 bits per heavy atom. The van der Waals surface area contributed by atoms with Crippen molar-refractivity contribution < 1.29 is 8.42 Å². The minimum atomic E-state index is -3.75. The van der Waals surface area contributed by atoms with Gasteiger partial charge in [0.25, 0.3) is 0 Å². The maximum Gasteiger partial charge on any atom is 0.184 e. The van der Waals surface area contributed by atoms with Crippen molar-refractivity contribution >= 4 is 9.84 Å². The van der Waals surface area contributed by atoms with E-state index in [-0.39, 0.29) is 4.90 Å². The van der Waals surface area contributed by atoms with Crippen molar-refractivity contribution in [3.63, 3.8) is 0 Å². The van der Waals surface area contributed by atoms with Crippen molar-refractivity contribution in [2.45, 2.75) is 23.0 Å². The highest BCUT2D eigenvalue weighted by Crippen LogP contribution is 2.63. The van der Waals surface area contributed by atoms with Crippen LogP contribution in [0, 0.1) is 35.0 Å². The summed E-state index contributed by atoms with van der Waals surface area (Å²) in [4.78, 5) is 0.148. The predicted molar refractivity (Wildman–Crippen MR) is 85.0 cm³/mol. The predicted octanol–water partition coefficient (Wildman–Crippen LogP) is 2.97. The third-order valence-electron chi connectivity index (χ3n) is 4.35. The zero-order chi connectivity index (χ0) is 16.7. The van der Waals surface area contributed by atoms with E-state index in [1.807, 2.05) is 31.2 Å². The number of benzene rings is 2. The van der Waals surface area contributed by atoms with Gasteiger partial charge in [0.1, 0.15) is 5.25 Å². The third kappa shape index (κ3) is 2.21. The summed E-state index contributed by atoms with van der Waals surface area (Å²) in [7, 11) is -3.75. The summed E-state index contributed by atoms with van der Waals surface area (Å²) in [5, 5.41) is 17.9. The lowest BCUT2D eigenvalue weighted by Crippen LogP contribution is -2.14. The highest BCUT2D eigenvalue weighted by atomic mass is 32.2. The van der Waals surface area contributed by atoms with Crippen LogP contribution in [0.1, 0.15) is 17.0 Å². The molecule has 23 heavy (non-hydrogen) atoms. The zero-order valence-corrected chi connectivity index (χ0v) is 13.3. The number of rotatable bonds is 3. The minimum absolute atomic E-state index is 0.148. The molecule has 1 aliphatic carbocycles. The molecule has 5 heteroatoms. The second-order valence-electron chi connectivity index (χ2n) is 5.76. The molecule has 0 spiro atoms. The van der Waals surface area contributed by atoms with Crippen LogP contribution in [0.2, 0.25) is 0 Å². The third-order valence-corrected chi connectivity index (χ3v) is 6.59. The molecule has 4 nitrogen and oxygen atoms in total. The van der Waals surface area contributed by atoms with E-state index in [1.165, 1.54) is 12.1 Å². The fraction of sp³-hybridized carbons (Fsp3) is 0.222. The molecule has 0 radical (unpaired) electrons. The van der Waals surface area contributed by atoms with Gasteiger partial charge >= 0.3 is 0 Å². The molecule has 0 aliphatic heterocycles. The van der Waals surface area contributed by atoms with E-state index < -0.39 is 26.4 Å². The van der Waals surface area contributed by atoms with Crippen molar-refractivity contribution in [3.8, 4) is 12.1 Å². The van der Waals surface area contributed by atoms with Crippen LogP contribution in [0.15, 0.2) is 59.5 Å². The number of sulfone groups is 1. The molecule has 0 saturated heterocycles. The van der Waals surface area contributed by atoms with E-state index in [0.29, 0.717) is 5.56 Å². The topological polar surface area (TPSA) is 81.7 Å².